The van der Waals surface area contributed by atoms with Crippen LogP contribution in [0, 0.1) is 0 Å². The van der Waals surface area contributed by atoms with E-state index < -0.39 is 5.97 Å². The average molecular weight is 369 g/mol. The highest BCUT2D eigenvalue weighted by Crippen LogP contribution is 2.45. The molecule has 2 heterocycles. The van der Waals surface area contributed by atoms with Gasteiger partial charge in [-0.3, -0.25) is 9.69 Å². The molecule has 2 aromatic carbocycles. The van der Waals surface area contributed by atoms with E-state index in [1.54, 1.807) is 26.4 Å². The summed E-state index contributed by atoms with van der Waals surface area (Å²) in [4.78, 5) is 13.6. The first kappa shape index (κ1) is 17.7. The van der Waals surface area contributed by atoms with Crippen molar-refractivity contribution in [1.29, 1.82) is 0 Å². The third kappa shape index (κ3) is 3.00. The van der Waals surface area contributed by atoms with E-state index in [0.29, 0.717) is 0 Å². The SMILES string of the molecule is COc1ccc2c(c1OC)CN1CCc3cc(OC(C)=O)c(O)cc3C1C2. The monoisotopic (exact) mass is 369 g/mol. The Bertz CT molecular complexity index is 908. The van der Waals surface area contributed by atoms with E-state index in [0.717, 1.165) is 54.1 Å². The number of aromatic hydroxyl groups is 1. The second-order valence-corrected chi connectivity index (χ2v) is 6.99. The molecular weight excluding hydrogens is 346 g/mol. The van der Waals surface area contributed by atoms with Crippen LogP contribution >= 0.6 is 0 Å². The third-order valence-corrected chi connectivity index (χ3v) is 5.46. The molecule has 1 unspecified atom stereocenters. The summed E-state index contributed by atoms with van der Waals surface area (Å²) in [6, 6.07) is 7.76. The molecule has 0 spiro atoms. The third-order valence-electron chi connectivity index (χ3n) is 5.46. The van der Waals surface area contributed by atoms with E-state index in [4.69, 9.17) is 14.2 Å². The molecule has 0 fully saturated rings. The van der Waals surface area contributed by atoms with Crippen LogP contribution in [0.4, 0.5) is 0 Å². The molecule has 6 nitrogen and oxygen atoms in total. The Morgan fingerprint density at radius 3 is 2.67 bits per heavy atom. The van der Waals surface area contributed by atoms with Gasteiger partial charge in [0.2, 0.25) is 0 Å². The second-order valence-electron chi connectivity index (χ2n) is 6.99. The number of phenolic OH excluding ortho intramolecular Hbond substituents is 1. The zero-order chi connectivity index (χ0) is 19.1. The predicted octanol–water partition coefficient (Wildman–Crippen LogP) is 2.99. The van der Waals surface area contributed by atoms with E-state index in [2.05, 4.69) is 11.0 Å². The summed E-state index contributed by atoms with van der Waals surface area (Å²) in [6.07, 6.45) is 1.66. The summed E-state index contributed by atoms with van der Waals surface area (Å²) >= 11 is 0. The smallest absolute Gasteiger partial charge is 0.308 e. The minimum Gasteiger partial charge on any atom is -0.504 e. The fourth-order valence-corrected chi connectivity index (χ4v) is 4.24. The van der Waals surface area contributed by atoms with Gasteiger partial charge < -0.3 is 19.3 Å². The first-order valence-electron chi connectivity index (χ1n) is 9.02. The average Bonchev–Trinajstić information content (AvgIpc) is 2.66. The number of carbonyl (C=O) groups excluding carboxylic acids is 1. The maximum atomic E-state index is 11.2. The van der Waals surface area contributed by atoms with E-state index in [9.17, 15) is 9.90 Å². The van der Waals surface area contributed by atoms with Crippen molar-refractivity contribution in [1.82, 2.24) is 4.90 Å². The summed E-state index contributed by atoms with van der Waals surface area (Å²) in [7, 11) is 3.32. The number of phenols is 1. The van der Waals surface area contributed by atoms with Gasteiger partial charge in [0.1, 0.15) is 0 Å². The largest absolute Gasteiger partial charge is 0.504 e. The number of hydrogen-bond acceptors (Lipinski definition) is 6. The Hall–Kier alpha value is -2.73. The number of ether oxygens (including phenoxy) is 3. The van der Waals surface area contributed by atoms with E-state index in [1.165, 1.54) is 12.5 Å². The maximum Gasteiger partial charge on any atom is 0.308 e. The minimum atomic E-state index is -0.435. The topological polar surface area (TPSA) is 68.2 Å². The van der Waals surface area contributed by atoms with Crippen LogP contribution in [0.3, 0.4) is 0 Å². The fourth-order valence-electron chi connectivity index (χ4n) is 4.24. The van der Waals surface area contributed by atoms with Crippen LogP contribution in [0.15, 0.2) is 24.3 Å². The van der Waals surface area contributed by atoms with Gasteiger partial charge in [0, 0.05) is 31.6 Å². The van der Waals surface area contributed by atoms with Crippen LogP contribution < -0.4 is 14.2 Å². The Balaban J connectivity index is 1.72. The van der Waals surface area contributed by atoms with Crippen molar-refractivity contribution in [2.45, 2.75) is 32.4 Å². The molecule has 1 atom stereocenters. The van der Waals surface area contributed by atoms with Crippen LogP contribution in [0.2, 0.25) is 0 Å². The Labute approximate surface area is 158 Å². The molecule has 0 saturated heterocycles. The molecule has 0 bridgehead atoms. The van der Waals surface area contributed by atoms with Crippen LogP contribution in [0.1, 0.15) is 35.2 Å². The number of nitrogens with zero attached hydrogens (tertiary/aromatic N) is 1. The fraction of sp³-hybridized carbons (Fsp3) is 0.381. The van der Waals surface area contributed by atoms with E-state index in [-0.39, 0.29) is 17.5 Å². The zero-order valence-electron chi connectivity index (χ0n) is 15.7. The number of benzene rings is 2. The number of methoxy groups -OCH3 is 2. The molecule has 2 aliphatic rings. The van der Waals surface area contributed by atoms with Crippen molar-refractivity contribution in [3.05, 3.63) is 46.5 Å². The Morgan fingerprint density at radius 2 is 1.96 bits per heavy atom. The van der Waals surface area contributed by atoms with E-state index in [1.807, 2.05) is 6.07 Å². The lowest BCUT2D eigenvalue weighted by atomic mass is 9.83. The highest BCUT2D eigenvalue weighted by molar-refractivity contribution is 5.70. The molecule has 0 saturated carbocycles. The molecule has 0 radical (unpaired) electrons. The van der Waals surface area contributed by atoms with Crippen molar-refractivity contribution < 1.29 is 24.1 Å². The maximum absolute atomic E-state index is 11.2. The number of hydrogen-bond donors (Lipinski definition) is 1. The van der Waals surface area contributed by atoms with Crippen LogP contribution in [-0.2, 0) is 24.2 Å². The standard InChI is InChI=1S/C21H23NO5/c1-12(23)27-20-9-14-6-7-22-11-16-13(4-5-19(25-2)21(16)26-3)8-17(22)15(14)10-18(20)24/h4-5,9-10,17,24H,6-8,11H2,1-3H3. The lowest BCUT2D eigenvalue weighted by Crippen LogP contribution is -2.39. The molecule has 4 rings (SSSR count). The summed E-state index contributed by atoms with van der Waals surface area (Å²) < 4.78 is 16.2. The van der Waals surface area contributed by atoms with Gasteiger partial charge in [-0.05, 0) is 47.7 Å². The molecule has 142 valence electrons. The summed E-state index contributed by atoms with van der Waals surface area (Å²) in [6.45, 7) is 2.99. The van der Waals surface area contributed by atoms with Crippen LogP contribution in [0.25, 0.3) is 0 Å². The van der Waals surface area contributed by atoms with Gasteiger partial charge >= 0.3 is 5.97 Å². The molecule has 2 aliphatic heterocycles. The molecule has 0 aliphatic carbocycles. The number of carbonyl (C=O) groups is 1. The lowest BCUT2D eigenvalue weighted by molar-refractivity contribution is -0.132. The highest BCUT2D eigenvalue weighted by Gasteiger charge is 2.34. The van der Waals surface area contributed by atoms with Crippen molar-refractivity contribution in [2.24, 2.45) is 0 Å². The molecule has 0 amide bonds. The normalized spacial score (nSPS) is 18.1. The van der Waals surface area contributed by atoms with Crippen molar-refractivity contribution in [2.75, 3.05) is 20.8 Å². The summed E-state index contributed by atoms with van der Waals surface area (Å²) in [5, 5.41) is 10.3. The van der Waals surface area contributed by atoms with Gasteiger partial charge in [-0.25, -0.2) is 0 Å². The van der Waals surface area contributed by atoms with Gasteiger partial charge in [0.25, 0.3) is 0 Å². The summed E-state index contributed by atoms with van der Waals surface area (Å²) in [5.74, 6) is 1.35. The number of fused-ring (bicyclic) bond motifs is 4. The Kier molecular flexibility index (Phi) is 4.44. The van der Waals surface area contributed by atoms with Crippen LogP contribution in [-0.4, -0.2) is 36.7 Å². The quantitative estimate of drug-likeness (QED) is 0.663. The van der Waals surface area contributed by atoms with Crippen molar-refractivity contribution >= 4 is 5.97 Å². The number of rotatable bonds is 3. The molecule has 6 heteroatoms. The van der Waals surface area contributed by atoms with Gasteiger partial charge in [-0.2, -0.15) is 0 Å². The van der Waals surface area contributed by atoms with Crippen molar-refractivity contribution in [3.63, 3.8) is 0 Å². The first-order chi connectivity index (χ1) is 13.0. The number of esters is 1. The minimum absolute atomic E-state index is 0.00362. The first-order valence-corrected chi connectivity index (χ1v) is 9.02. The van der Waals surface area contributed by atoms with Gasteiger partial charge in [0.15, 0.2) is 23.0 Å². The second kappa shape index (κ2) is 6.78. The van der Waals surface area contributed by atoms with Gasteiger partial charge in [-0.15, -0.1) is 0 Å². The van der Waals surface area contributed by atoms with E-state index >= 15 is 0 Å². The lowest BCUT2D eigenvalue weighted by Gasteiger charge is -2.42. The van der Waals surface area contributed by atoms with Crippen LogP contribution in [0.5, 0.6) is 23.0 Å². The highest BCUT2D eigenvalue weighted by atomic mass is 16.5. The van der Waals surface area contributed by atoms with Gasteiger partial charge in [-0.1, -0.05) is 6.07 Å². The molecule has 1 N–H and O–H groups in total. The molecular formula is C21H23NO5. The predicted molar refractivity (Wildman–Crippen MR) is 99.5 cm³/mol. The summed E-state index contributed by atoms with van der Waals surface area (Å²) in [5.41, 5.74) is 4.60. The molecule has 0 aromatic heterocycles. The Morgan fingerprint density at radius 1 is 1.15 bits per heavy atom. The zero-order valence-corrected chi connectivity index (χ0v) is 15.7. The molecule has 27 heavy (non-hydrogen) atoms. The van der Waals surface area contributed by atoms with Crippen molar-refractivity contribution in [3.8, 4) is 23.0 Å². The molecule has 2 aromatic rings. The van der Waals surface area contributed by atoms with Gasteiger partial charge in [0.05, 0.1) is 14.2 Å².